The number of carbonyl (C=O) groups is 2. The molecule has 0 aliphatic carbocycles. The van der Waals surface area contributed by atoms with E-state index in [0.29, 0.717) is 5.75 Å². The molecule has 1 aromatic heterocycles. The van der Waals surface area contributed by atoms with Crippen LogP contribution >= 0.6 is 0 Å². The van der Waals surface area contributed by atoms with Crippen molar-refractivity contribution < 1.29 is 23.1 Å². The summed E-state index contributed by atoms with van der Waals surface area (Å²) in [5.74, 6) is -2.47. The number of hydrogen-bond donors (Lipinski definition) is 1. The molecule has 0 atom stereocenters. The molecular weight excluding hydrogens is 308 g/mol. The van der Waals surface area contributed by atoms with Gasteiger partial charge in [-0.15, -0.1) is 0 Å². The van der Waals surface area contributed by atoms with Crippen LogP contribution in [0.1, 0.15) is 0 Å². The number of halogens is 2. The van der Waals surface area contributed by atoms with Gasteiger partial charge in [0.05, 0.1) is 0 Å². The average Bonchev–Trinajstić information content (AvgIpc) is 2.54. The molecule has 8 heteroatoms. The number of nitrogens with zero attached hydrogens (tertiary/aromatic N) is 2. The minimum Gasteiger partial charge on any atom is -0.480 e. The largest absolute Gasteiger partial charge is 0.480 e. The Morgan fingerprint density at radius 1 is 1.26 bits per heavy atom. The monoisotopic (exact) mass is 319 g/mol. The summed E-state index contributed by atoms with van der Waals surface area (Å²) in [6, 6.07) is 6.47. The van der Waals surface area contributed by atoms with E-state index in [2.05, 4.69) is 10.3 Å². The lowest BCUT2D eigenvalue weighted by molar-refractivity contribution is -0.123. The summed E-state index contributed by atoms with van der Waals surface area (Å²) in [5.41, 5.74) is -0.556. The molecule has 0 saturated heterocycles. The highest BCUT2D eigenvalue weighted by Crippen LogP contribution is 2.28. The van der Waals surface area contributed by atoms with E-state index in [0.717, 1.165) is 17.0 Å². The van der Waals surface area contributed by atoms with Crippen molar-refractivity contribution in [3.05, 3.63) is 48.2 Å². The van der Waals surface area contributed by atoms with Crippen molar-refractivity contribution in [1.82, 2.24) is 4.98 Å². The Morgan fingerprint density at radius 2 is 2.00 bits per heavy atom. The molecule has 2 amide bonds. The molecule has 0 radical (unpaired) electrons. The highest BCUT2D eigenvalue weighted by Gasteiger charge is 2.28. The molecule has 1 aliphatic heterocycles. The fourth-order valence-corrected chi connectivity index (χ4v) is 2.14. The normalized spacial score (nSPS) is 13.3. The summed E-state index contributed by atoms with van der Waals surface area (Å²) in [6.45, 7) is -0.667. The number of benzene rings is 1. The topological polar surface area (TPSA) is 71.5 Å². The molecule has 0 unspecified atom stereocenters. The van der Waals surface area contributed by atoms with E-state index in [9.17, 15) is 18.4 Å². The standard InChI is InChI=1S/C15H11F2N3O3/c16-9-3-1-4-10(17)14(9)19-12(21)7-20-13(22)8-23-11-5-2-6-18-15(11)20/h1-6H,7-8H2,(H,19,21). The number of anilines is 2. The van der Waals surface area contributed by atoms with Crippen LogP contribution in [0, 0.1) is 11.6 Å². The van der Waals surface area contributed by atoms with E-state index >= 15 is 0 Å². The van der Waals surface area contributed by atoms with Crippen LogP contribution in [-0.2, 0) is 9.59 Å². The Balaban J connectivity index is 1.79. The fourth-order valence-electron chi connectivity index (χ4n) is 2.14. The van der Waals surface area contributed by atoms with Crippen molar-refractivity contribution in [3.63, 3.8) is 0 Å². The van der Waals surface area contributed by atoms with Crippen LogP contribution in [-0.4, -0.2) is 29.9 Å². The van der Waals surface area contributed by atoms with Gasteiger partial charge < -0.3 is 10.1 Å². The number of carbonyl (C=O) groups excluding carboxylic acids is 2. The lowest BCUT2D eigenvalue weighted by atomic mass is 10.2. The lowest BCUT2D eigenvalue weighted by Crippen LogP contribution is -2.44. The van der Waals surface area contributed by atoms with Crippen LogP contribution < -0.4 is 15.0 Å². The van der Waals surface area contributed by atoms with E-state index < -0.39 is 35.7 Å². The summed E-state index contributed by atoms with van der Waals surface area (Å²) in [6.07, 6.45) is 1.45. The van der Waals surface area contributed by atoms with Crippen LogP contribution in [0.25, 0.3) is 0 Å². The SMILES string of the molecule is O=C(CN1C(=O)COc2cccnc21)Nc1c(F)cccc1F. The fraction of sp³-hybridized carbons (Fsp3) is 0.133. The van der Waals surface area contributed by atoms with Crippen LogP contribution in [0.2, 0.25) is 0 Å². The van der Waals surface area contributed by atoms with Gasteiger partial charge in [-0.3, -0.25) is 14.5 Å². The zero-order chi connectivity index (χ0) is 16.4. The predicted molar refractivity (Wildman–Crippen MR) is 77.1 cm³/mol. The van der Waals surface area contributed by atoms with Crippen LogP contribution in [0.15, 0.2) is 36.5 Å². The van der Waals surface area contributed by atoms with Crippen LogP contribution in [0.5, 0.6) is 5.75 Å². The van der Waals surface area contributed by atoms with Gasteiger partial charge in [0.15, 0.2) is 18.2 Å². The first-order valence-electron chi connectivity index (χ1n) is 6.68. The third-order valence-corrected chi connectivity index (χ3v) is 3.19. The average molecular weight is 319 g/mol. The zero-order valence-electron chi connectivity index (χ0n) is 11.8. The van der Waals surface area contributed by atoms with Gasteiger partial charge in [-0.05, 0) is 24.3 Å². The summed E-state index contributed by atoms with van der Waals surface area (Å²) < 4.78 is 32.3. The van der Waals surface area contributed by atoms with Gasteiger partial charge in [-0.1, -0.05) is 6.07 Å². The maximum atomic E-state index is 13.5. The van der Waals surface area contributed by atoms with E-state index in [1.165, 1.54) is 12.3 Å². The van der Waals surface area contributed by atoms with Gasteiger partial charge in [-0.2, -0.15) is 0 Å². The molecule has 0 fully saturated rings. The molecule has 2 heterocycles. The third kappa shape index (κ3) is 2.96. The van der Waals surface area contributed by atoms with Gasteiger partial charge in [0.2, 0.25) is 5.91 Å². The first-order chi connectivity index (χ1) is 11.1. The number of pyridine rings is 1. The van der Waals surface area contributed by atoms with Crippen molar-refractivity contribution in [3.8, 4) is 5.75 Å². The smallest absolute Gasteiger partial charge is 0.266 e. The summed E-state index contributed by atoms with van der Waals surface area (Å²) in [4.78, 5) is 29.0. The second kappa shape index (κ2) is 5.99. The number of aromatic nitrogens is 1. The number of ether oxygens (including phenoxy) is 1. The highest BCUT2D eigenvalue weighted by molar-refractivity contribution is 6.04. The maximum absolute atomic E-state index is 13.5. The third-order valence-electron chi connectivity index (χ3n) is 3.19. The van der Waals surface area contributed by atoms with Crippen molar-refractivity contribution >= 4 is 23.3 Å². The van der Waals surface area contributed by atoms with E-state index in [-0.39, 0.29) is 12.4 Å². The second-order valence-electron chi connectivity index (χ2n) is 4.74. The van der Waals surface area contributed by atoms with Crippen molar-refractivity contribution in [2.45, 2.75) is 0 Å². The molecule has 0 bridgehead atoms. The number of fused-ring (bicyclic) bond motifs is 1. The molecule has 0 spiro atoms. The van der Waals surface area contributed by atoms with Crippen molar-refractivity contribution in [1.29, 1.82) is 0 Å². The number of para-hydroxylation sites is 1. The lowest BCUT2D eigenvalue weighted by Gasteiger charge is -2.27. The predicted octanol–water partition coefficient (Wildman–Crippen LogP) is 1.72. The molecule has 3 rings (SSSR count). The first kappa shape index (κ1) is 14.9. The number of nitrogens with one attached hydrogen (secondary N) is 1. The summed E-state index contributed by atoms with van der Waals surface area (Å²) in [7, 11) is 0. The quantitative estimate of drug-likeness (QED) is 0.935. The van der Waals surface area contributed by atoms with E-state index in [4.69, 9.17) is 4.74 Å². The summed E-state index contributed by atoms with van der Waals surface area (Å²) >= 11 is 0. The molecular formula is C15H11F2N3O3. The molecule has 0 saturated carbocycles. The van der Waals surface area contributed by atoms with Crippen LogP contribution in [0.4, 0.5) is 20.3 Å². The molecule has 118 valence electrons. The Bertz CT molecular complexity index is 762. The minimum atomic E-state index is -0.898. The number of rotatable bonds is 3. The summed E-state index contributed by atoms with van der Waals surface area (Å²) in [5, 5.41) is 2.13. The molecule has 23 heavy (non-hydrogen) atoms. The first-order valence-corrected chi connectivity index (χ1v) is 6.68. The Labute approximate surface area is 129 Å². The number of amides is 2. The van der Waals surface area contributed by atoms with Gasteiger partial charge >= 0.3 is 0 Å². The molecule has 6 nitrogen and oxygen atoms in total. The molecule has 1 aliphatic rings. The van der Waals surface area contributed by atoms with Gasteiger partial charge in [-0.25, -0.2) is 13.8 Å². The molecule has 2 aromatic rings. The Kier molecular flexibility index (Phi) is 3.88. The van der Waals surface area contributed by atoms with Crippen molar-refractivity contribution in [2.75, 3.05) is 23.4 Å². The minimum absolute atomic E-state index is 0.188. The van der Waals surface area contributed by atoms with Crippen LogP contribution in [0.3, 0.4) is 0 Å². The second-order valence-corrected chi connectivity index (χ2v) is 4.74. The molecule has 1 N–H and O–H groups in total. The van der Waals surface area contributed by atoms with Crippen molar-refractivity contribution in [2.24, 2.45) is 0 Å². The van der Waals surface area contributed by atoms with Gasteiger partial charge in [0, 0.05) is 6.20 Å². The van der Waals surface area contributed by atoms with E-state index in [1.54, 1.807) is 12.1 Å². The van der Waals surface area contributed by atoms with Gasteiger partial charge in [0.25, 0.3) is 5.91 Å². The highest BCUT2D eigenvalue weighted by atomic mass is 19.1. The van der Waals surface area contributed by atoms with E-state index in [1.807, 2.05) is 0 Å². The Morgan fingerprint density at radius 3 is 2.74 bits per heavy atom. The number of hydrogen-bond acceptors (Lipinski definition) is 4. The zero-order valence-corrected chi connectivity index (χ0v) is 11.8. The van der Waals surface area contributed by atoms with Gasteiger partial charge in [0.1, 0.15) is 23.9 Å². The maximum Gasteiger partial charge on any atom is 0.266 e. The Hall–Kier alpha value is -3.03. The molecule has 1 aromatic carbocycles.